The topological polar surface area (TPSA) is 78.1 Å². The van der Waals surface area contributed by atoms with Crippen molar-refractivity contribution >= 4 is 0 Å². The molecular formula is C27H40N2O4. The molecule has 3 N–H and O–H groups in total. The molecule has 1 unspecified atom stereocenters. The van der Waals surface area contributed by atoms with Crippen LogP contribution in [-0.2, 0) is 17.7 Å². The molecule has 2 heterocycles. The van der Waals surface area contributed by atoms with Gasteiger partial charge in [0.1, 0.15) is 12.0 Å². The van der Waals surface area contributed by atoms with Crippen LogP contribution in [0, 0.1) is 10.8 Å². The number of allylic oxidation sites excluding steroid dienone is 1. The first kappa shape index (κ1) is 25.2. The molecule has 0 aliphatic carbocycles. The van der Waals surface area contributed by atoms with Gasteiger partial charge in [-0.15, -0.1) is 0 Å². The highest BCUT2D eigenvalue weighted by molar-refractivity contribution is 5.38. The van der Waals surface area contributed by atoms with Crippen LogP contribution >= 0.6 is 0 Å². The van der Waals surface area contributed by atoms with Crippen molar-refractivity contribution in [3.05, 3.63) is 53.6 Å². The highest BCUT2D eigenvalue weighted by Crippen LogP contribution is 2.39. The largest absolute Gasteiger partial charge is 0.508 e. The maximum atomic E-state index is 10.8. The van der Waals surface area contributed by atoms with Crippen LogP contribution in [0.25, 0.3) is 0 Å². The van der Waals surface area contributed by atoms with Crippen LogP contribution in [0.2, 0.25) is 0 Å². The number of aromatic hydroxyl groups is 3. The van der Waals surface area contributed by atoms with E-state index in [9.17, 15) is 15.3 Å². The lowest BCUT2D eigenvalue weighted by Gasteiger charge is -2.33. The first-order chi connectivity index (χ1) is 15.4. The number of ether oxygens (including phenoxy) is 1. The first-order valence-electron chi connectivity index (χ1n) is 11.8. The number of phenols is 1. The summed E-state index contributed by atoms with van der Waals surface area (Å²) in [5.41, 5.74) is 2.82. The summed E-state index contributed by atoms with van der Waals surface area (Å²) in [7, 11) is 0. The number of phenolic OH excluding ortho intramolecular Hbond substituents is 1. The lowest BCUT2D eigenvalue weighted by Crippen LogP contribution is -2.27. The predicted molar refractivity (Wildman–Crippen MR) is 131 cm³/mol. The normalized spacial score (nSPS) is 17.5. The molecule has 2 aromatic rings. The predicted octanol–water partition coefficient (Wildman–Crippen LogP) is 5.59. The molecule has 1 saturated heterocycles. The molecule has 0 amide bonds. The molecule has 1 aromatic heterocycles. The Morgan fingerprint density at radius 1 is 1.09 bits per heavy atom. The average Bonchev–Trinajstić information content (AvgIpc) is 3.23. The Labute approximate surface area is 198 Å². The van der Waals surface area contributed by atoms with Crippen molar-refractivity contribution in [2.45, 2.75) is 66.7 Å². The molecule has 6 heteroatoms. The summed E-state index contributed by atoms with van der Waals surface area (Å²) in [6.45, 7) is 17.8. The molecule has 1 aliphatic rings. The second kappa shape index (κ2) is 9.82. The Bertz CT molecular complexity index is 971. The van der Waals surface area contributed by atoms with Crippen LogP contribution in [0.5, 0.6) is 17.5 Å². The summed E-state index contributed by atoms with van der Waals surface area (Å²) in [6, 6.07) is 8.81. The number of rotatable bonds is 9. The Kier molecular flexibility index (Phi) is 7.49. The van der Waals surface area contributed by atoms with Gasteiger partial charge >= 0.3 is 0 Å². The maximum absolute atomic E-state index is 10.8. The molecule has 33 heavy (non-hydrogen) atoms. The summed E-state index contributed by atoms with van der Waals surface area (Å²) in [4.78, 5) is 2.10. The summed E-state index contributed by atoms with van der Waals surface area (Å²) in [5.74, 6) is 0.334. The van der Waals surface area contributed by atoms with Crippen LogP contribution in [0.4, 0.5) is 0 Å². The van der Waals surface area contributed by atoms with E-state index in [2.05, 4.69) is 46.1 Å². The van der Waals surface area contributed by atoms with E-state index in [1.165, 1.54) is 4.57 Å². The van der Waals surface area contributed by atoms with Crippen molar-refractivity contribution in [1.29, 1.82) is 0 Å². The highest BCUT2D eigenvalue weighted by atomic mass is 16.5. The van der Waals surface area contributed by atoms with Gasteiger partial charge in [0, 0.05) is 36.8 Å². The van der Waals surface area contributed by atoms with Crippen LogP contribution in [0.15, 0.2) is 42.5 Å². The van der Waals surface area contributed by atoms with Gasteiger partial charge in [0.15, 0.2) is 11.8 Å². The van der Waals surface area contributed by atoms with Gasteiger partial charge in [-0.2, -0.15) is 0 Å². The van der Waals surface area contributed by atoms with Gasteiger partial charge in [-0.25, -0.2) is 0 Å². The van der Waals surface area contributed by atoms with E-state index >= 15 is 0 Å². The standard InChI is InChI=1S/C27H40N2O4/c1-19(17-27(5,6)18-26(2,3)4)15-20-16-23(31)29(24(20)32)12-11-28-13-14-33-25(28)21-9-7-8-10-22(21)30/h7-10,16,25,30-32H,1,11-15,17-18H2,2-6H3. The van der Waals surface area contributed by atoms with Crippen molar-refractivity contribution < 1.29 is 20.1 Å². The lowest BCUT2D eigenvalue weighted by atomic mass is 9.73. The maximum Gasteiger partial charge on any atom is 0.197 e. The van der Waals surface area contributed by atoms with Gasteiger partial charge < -0.3 is 20.1 Å². The minimum Gasteiger partial charge on any atom is -0.508 e. The molecule has 0 bridgehead atoms. The van der Waals surface area contributed by atoms with Crippen LogP contribution in [-0.4, -0.2) is 44.5 Å². The van der Waals surface area contributed by atoms with Gasteiger partial charge in [-0.1, -0.05) is 65.0 Å². The average molecular weight is 457 g/mol. The monoisotopic (exact) mass is 456 g/mol. The Morgan fingerprint density at radius 2 is 1.79 bits per heavy atom. The van der Waals surface area contributed by atoms with Crippen molar-refractivity contribution in [1.82, 2.24) is 9.47 Å². The molecule has 182 valence electrons. The molecule has 0 radical (unpaired) electrons. The number of hydrogen-bond acceptors (Lipinski definition) is 5. The number of benzene rings is 1. The van der Waals surface area contributed by atoms with Gasteiger partial charge in [0.05, 0.1) is 6.61 Å². The van der Waals surface area contributed by atoms with Gasteiger partial charge in [0.2, 0.25) is 0 Å². The minimum atomic E-state index is -0.338. The van der Waals surface area contributed by atoms with E-state index in [0.717, 1.165) is 24.0 Å². The van der Waals surface area contributed by atoms with Crippen LogP contribution in [0.1, 0.15) is 64.8 Å². The number of aromatic nitrogens is 1. The quantitative estimate of drug-likeness (QED) is 0.429. The SMILES string of the molecule is C=C(Cc1cc(O)n(CCN2CCOC2c2ccccc2O)c1O)CC(C)(C)CC(C)(C)C. The van der Waals surface area contributed by atoms with Crippen LogP contribution < -0.4 is 0 Å². The van der Waals surface area contributed by atoms with Crippen molar-refractivity contribution in [3.8, 4) is 17.5 Å². The number of para-hydroxylation sites is 1. The second-order valence-corrected chi connectivity index (χ2v) is 11.3. The molecular weight excluding hydrogens is 416 g/mol. The molecule has 0 saturated carbocycles. The van der Waals surface area contributed by atoms with E-state index < -0.39 is 0 Å². The summed E-state index contributed by atoms with van der Waals surface area (Å²) in [5, 5.41) is 31.5. The van der Waals surface area contributed by atoms with E-state index in [1.807, 2.05) is 12.1 Å². The third-order valence-electron chi connectivity index (χ3n) is 6.10. The molecule has 3 rings (SSSR count). The van der Waals surface area contributed by atoms with Crippen molar-refractivity contribution in [2.75, 3.05) is 19.7 Å². The smallest absolute Gasteiger partial charge is 0.197 e. The van der Waals surface area contributed by atoms with Crippen molar-refractivity contribution in [2.24, 2.45) is 10.8 Å². The fraction of sp³-hybridized carbons (Fsp3) is 0.556. The number of nitrogens with zero attached hydrogens (tertiary/aromatic N) is 2. The van der Waals surface area contributed by atoms with E-state index in [4.69, 9.17) is 4.74 Å². The van der Waals surface area contributed by atoms with E-state index in [1.54, 1.807) is 18.2 Å². The first-order valence-corrected chi connectivity index (χ1v) is 11.8. The molecule has 6 nitrogen and oxygen atoms in total. The summed E-state index contributed by atoms with van der Waals surface area (Å²) >= 11 is 0. The minimum absolute atomic E-state index is 0.0449. The Balaban J connectivity index is 1.64. The van der Waals surface area contributed by atoms with Gasteiger partial charge in [-0.3, -0.25) is 9.47 Å². The molecule has 1 atom stereocenters. The Morgan fingerprint density at radius 3 is 2.45 bits per heavy atom. The van der Waals surface area contributed by atoms with Gasteiger partial charge in [-0.05, 0) is 36.2 Å². The zero-order valence-corrected chi connectivity index (χ0v) is 20.8. The zero-order chi connectivity index (χ0) is 24.4. The third kappa shape index (κ3) is 6.55. The van der Waals surface area contributed by atoms with E-state index in [-0.39, 0.29) is 34.6 Å². The van der Waals surface area contributed by atoms with Gasteiger partial charge in [0.25, 0.3) is 0 Å². The number of hydrogen-bond donors (Lipinski definition) is 3. The lowest BCUT2D eigenvalue weighted by molar-refractivity contribution is 0.0288. The molecule has 1 aliphatic heterocycles. The van der Waals surface area contributed by atoms with E-state index in [0.29, 0.717) is 38.2 Å². The fourth-order valence-electron chi connectivity index (χ4n) is 5.38. The molecule has 1 fully saturated rings. The zero-order valence-electron chi connectivity index (χ0n) is 20.8. The fourth-order valence-corrected chi connectivity index (χ4v) is 5.38. The summed E-state index contributed by atoms with van der Waals surface area (Å²) < 4.78 is 7.37. The summed E-state index contributed by atoms with van der Waals surface area (Å²) in [6.07, 6.45) is 2.14. The highest BCUT2D eigenvalue weighted by Gasteiger charge is 2.30. The third-order valence-corrected chi connectivity index (χ3v) is 6.10. The second-order valence-electron chi connectivity index (χ2n) is 11.3. The molecule has 0 spiro atoms. The van der Waals surface area contributed by atoms with Crippen molar-refractivity contribution in [3.63, 3.8) is 0 Å². The van der Waals surface area contributed by atoms with Crippen LogP contribution in [0.3, 0.4) is 0 Å². The Hall–Kier alpha value is -2.44. The molecule has 1 aromatic carbocycles.